The molecule has 0 bridgehead atoms. The standard InChI is InChI=1S/C15H24N4/c1-5-13-8-14(18(4)17-13)10-19-7-6-12(9-19)15(16)11(2)3/h6-9,11,15H,5,10,16H2,1-4H3. The molecule has 2 aromatic heterocycles. The van der Waals surface area contributed by atoms with Gasteiger partial charge in [-0.25, -0.2) is 0 Å². The lowest BCUT2D eigenvalue weighted by Crippen LogP contribution is -2.16. The molecule has 0 radical (unpaired) electrons. The number of aryl methyl sites for hydroxylation is 2. The monoisotopic (exact) mass is 260 g/mol. The van der Waals surface area contributed by atoms with E-state index < -0.39 is 0 Å². The zero-order chi connectivity index (χ0) is 14.0. The SMILES string of the molecule is CCc1cc(Cn2ccc(C(N)C(C)C)c2)n(C)n1. The Morgan fingerprint density at radius 3 is 2.68 bits per heavy atom. The zero-order valence-corrected chi connectivity index (χ0v) is 12.3. The lowest BCUT2D eigenvalue weighted by atomic mass is 10.00. The highest BCUT2D eigenvalue weighted by molar-refractivity contribution is 5.18. The summed E-state index contributed by atoms with van der Waals surface area (Å²) in [5.74, 6) is 0.458. The van der Waals surface area contributed by atoms with Crippen molar-refractivity contribution in [3.8, 4) is 0 Å². The molecule has 19 heavy (non-hydrogen) atoms. The highest BCUT2D eigenvalue weighted by atomic mass is 15.3. The summed E-state index contributed by atoms with van der Waals surface area (Å²) < 4.78 is 4.13. The van der Waals surface area contributed by atoms with Crippen LogP contribution in [0.1, 0.15) is 43.8 Å². The third kappa shape index (κ3) is 3.07. The minimum Gasteiger partial charge on any atom is -0.348 e. The number of nitrogens with two attached hydrogens (primary N) is 1. The maximum atomic E-state index is 6.17. The molecule has 0 aliphatic rings. The molecule has 2 heterocycles. The van der Waals surface area contributed by atoms with E-state index in [0.717, 1.165) is 18.7 Å². The molecule has 0 aliphatic carbocycles. The number of nitrogens with zero attached hydrogens (tertiary/aromatic N) is 3. The van der Waals surface area contributed by atoms with Gasteiger partial charge in [0.05, 0.1) is 17.9 Å². The molecule has 2 aromatic rings. The fraction of sp³-hybridized carbons (Fsp3) is 0.533. The first-order valence-corrected chi connectivity index (χ1v) is 6.94. The molecule has 0 fully saturated rings. The van der Waals surface area contributed by atoms with Crippen molar-refractivity contribution in [2.75, 3.05) is 0 Å². The van der Waals surface area contributed by atoms with Crippen LogP contribution in [-0.4, -0.2) is 14.3 Å². The average molecular weight is 260 g/mol. The van der Waals surface area contributed by atoms with E-state index in [4.69, 9.17) is 5.73 Å². The Labute approximate surface area is 115 Å². The molecule has 4 heteroatoms. The Hall–Kier alpha value is -1.55. The van der Waals surface area contributed by atoms with E-state index in [2.05, 4.69) is 55.0 Å². The second-order valence-corrected chi connectivity index (χ2v) is 5.49. The van der Waals surface area contributed by atoms with Crippen LogP contribution in [0.3, 0.4) is 0 Å². The minimum atomic E-state index is 0.110. The summed E-state index contributed by atoms with van der Waals surface area (Å²) in [5.41, 5.74) is 9.73. The van der Waals surface area contributed by atoms with Crippen molar-refractivity contribution in [1.82, 2.24) is 14.3 Å². The highest BCUT2D eigenvalue weighted by Crippen LogP contribution is 2.19. The van der Waals surface area contributed by atoms with Crippen LogP contribution in [0.25, 0.3) is 0 Å². The Morgan fingerprint density at radius 2 is 2.11 bits per heavy atom. The van der Waals surface area contributed by atoms with E-state index in [0.29, 0.717) is 5.92 Å². The molecule has 0 aromatic carbocycles. The Morgan fingerprint density at radius 1 is 1.37 bits per heavy atom. The quantitative estimate of drug-likeness (QED) is 0.898. The van der Waals surface area contributed by atoms with Crippen LogP contribution in [0, 0.1) is 5.92 Å². The maximum absolute atomic E-state index is 6.17. The molecule has 2 rings (SSSR count). The predicted molar refractivity (Wildman–Crippen MR) is 77.9 cm³/mol. The fourth-order valence-electron chi connectivity index (χ4n) is 2.22. The number of hydrogen-bond acceptors (Lipinski definition) is 2. The minimum absolute atomic E-state index is 0.110. The van der Waals surface area contributed by atoms with E-state index in [-0.39, 0.29) is 6.04 Å². The number of rotatable bonds is 5. The second kappa shape index (κ2) is 5.61. The van der Waals surface area contributed by atoms with Crippen LogP contribution in [0.4, 0.5) is 0 Å². The molecule has 2 N–H and O–H groups in total. The van der Waals surface area contributed by atoms with Crippen LogP contribution in [0.2, 0.25) is 0 Å². The molecule has 1 atom stereocenters. The van der Waals surface area contributed by atoms with Crippen molar-refractivity contribution >= 4 is 0 Å². The molecule has 104 valence electrons. The van der Waals surface area contributed by atoms with Gasteiger partial charge in [-0.15, -0.1) is 0 Å². The summed E-state index contributed by atoms with van der Waals surface area (Å²) in [7, 11) is 2.00. The van der Waals surface area contributed by atoms with Gasteiger partial charge in [-0.2, -0.15) is 5.10 Å². The average Bonchev–Trinajstić information content (AvgIpc) is 2.96. The van der Waals surface area contributed by atoms with E-state index in [9.17, 15) is 0 Å². The Balaban J connectivity index is 2.13. The van der Waals surface area contributed by atoms with Gasteiger partial charge < -0.3 is 10.3 Å². The smallest absolute Gasteiger partial charge is 0.0639 e. The van der Waals surface area contributed by atoms with Crippen LogP contribution in [0.5, 0.6) is 0 Å². The topological polar surface area (TPSA) is 48.8 Å². The summed E-state index contributed by atoms with van der Waals surface area (Å²) >= 11 is 0. The van der Waals surface area contributed by atoms with E-state index in [1.165, 1.54) is 11.3 Å². The highest BCUT2D eigenvalue weighted by Gasteiger charge is 2.12. The Kier molecular flexibility index (Phi) is 4.10. The lowest BCUT2D eigenvalue weighted by molar-refractivity contribution is 0.513. The van der Waals surface area contributed by atoms with Crippen molar-refractivity contribution in [2.24, 2.45) is 18.7 Å². The van der Waals surface area contributed by atoms with Crippen LogP contribution in [-0.2, 0) is 20.0 Å². The molecule has 0 spiro atoms. The zero-order valence-electron chi connectivity index (χ0n) is 12.3. The van der Waals surface area contributed by atoms with E-state index in [1.807, 2.05) is 11.7 Å². The van der Waals surface area contributed by atoms with Crippen molar-refractivity contribution in [1.29, 1.82) is 0 Å². The normalized spacial score (nSPS) is 13.2. The Bertz CT molecular complexity index is 536. The summed E-state index contributed by atoms with van der Waals surface area (Å²) in [6.45, 7) is 7.27. The summed E-state index contributed by atoms with van der Waals surface area (Å²) in [5, 5.41) is 4.47. The van der Waals surface area contributed by atoms with Gasteiger partial charge in [0, 0.05) is 25.5 Å². The van der Waals surface area contributed by atoms with Gasteiger partial charge in [0.15, 0.2) is 0 Å². The van der Waals surface area contributed by atoms with Gasteiger partial charge in [-0.1, -0.05) is 20.8 Å². The molecule has 1 unspecified atom stereocenters. The molecule has 0 amide bonds. The maximum Gasteiger partial charge on any atom is 0.0639 e. The molecule has 0 aliphatic heterocycles. The van der Waals surface area contributed by atoms with Crippen LogP contribution in [0.15, 0.2) is 24.5 Å². The summed E-state index contributed by atoms with van der Waals surface area (Å²) in [6.07, 6.45) is 5.21. The number of aromatic nitrogens is 3. The molecular formula is C15H24N4. The first-order chi connectivity index (χ1) is 9.01. The third-order valence-electron chi connectivity index (χ3n) is 3.61. The van der Waals surface area contributed by atoms with Gasteiger partial charge >= 0.3 is 0 Å². The lowest BCUT2D eigenvalue weighted by Gasteiger charge is -2.13. The van der Waals surface area contributed by atoms with Gasteiger partial charge in [-0.3, -0.25) is 4.68 Å². The van der Waals surface area contributed by atoms with Gasteiger partial charge in [0.1, 0.15) is 0 Å². The third-order valence-corrected chi connectivity index (χ3v) is 3.61. The molecule has 0 saturated carbocycles. The first kappa shape index (κ1) is 13.9. The van der Waals surface area contributed by atoms with Gasteiger partial charge in [-0.05, 0) is 30.0 Å². The number of hydrogen-bond donors (Lipinski definition) is 1. The summed E-state index contributed by atoms with van der Waals surface area (Å²) in [4.78, 5) is 0. The fourth-order valence-corrected chi connectivity index (χ4v) is 2.22. The van der Waals surface area contributed by atoms with Crippen LogP contribution < -0.4 is 5.73 Å². The van der Waals surface area contributed by atoms with Gasteiger partial charge in [0.2, 0.25) is 0 Å². The molecule has 0 saturated heterocycles. The molecule has 4 nitrogen and oxygen atoms in total. The second-order valence-electron chi connectivity index (χ2n) is 5.49. The van der Waals surface area contributed by atoms with Gasteiger partial charge in [0.25, 0.3) is 0 Å². The van der Waals surface area contributed by atoms with Crippen molar-refractivity contribution in [3.63, 3.8) is 0 Å². The van der Waals surface area contributed by atoms with E-state index >= 15 is 0 Å². The van der Waals surface area contributed by atoms with Crippen molar-refractivity contribution in [2.45, 2.75) is 39.8 Å². The molecular weight excluding hydrogens is 236 g/mol. The summed E-state index contributed by atoms with van der Waals surface area (Å²) in [6, 6.07) is 4.39. The largest absolute Gasteiger partial charge is 0.348 e. The first-order valence-electron chi connectivity index (χ1n) is 6.94. The van der Waals surface area contributed by atoms with Crippen molar-refractivity contribution < 1.29 is 0 Å². The predicted octanol–water partition coefficient (Wildman–Crippen LogP) is 2.49. The van der Waals surface area contributed by atoms with E-state index in [1.54, 1.807) is 0 Å². The van der Waals surface area contributed by atoms with Crippen molar-refractivity contribution in [3.05, 3.63) is 41.5 Å². The van der Waals surface area contributed by atoms with Crippen LogP contribution >= 0.6 is 0 Å².